The predicted octanol–water partition coefficient (Wildman–Crippen LogP) is 3.30. The van der Waals surface area contributed by atoms with Gasteiger partial charge in [-0.2, -0.15) is 4.98 Å². The van der Waals surface area contributed by atoms with Gasteiger partial charge in [0.1, 0.15) is 17.3 Å². The van der Waals surface area contributed by atoms with Gasteiger partial charge in [0, 0.05) is 5.56 Å². The number of aromatic nitrogens is 3. The fraction of sp³-hybridized carbons (Fsp3) is 0. The van der Waals surface area contributed by atoms with E-state index in [4.69, 9.17) is 16.1 Å². The summed E-state index contributed by atoms with van der Waals surface area (Å²) < 4.78 is 17.9. The summed E-state index contributed by atoms with van der Waals surface area (Å²) in [7, 11) is 0. The summed E-state index contributed by atoms with van der Waals surface area (Å²) in [5.41, 5.74) is 0.958. The molecule has 2 heterocycles. The molecule has 20 heavy (non-hydrogen) atoms. The molecule has 0 unspecified atom stereocenters. The van der Waals surface area contributed by atoms with E-state index in [9.17, 15) is 9.50 Å². The van der Waals surface area contributed by atoms with Crippen LogP contribution in [0.15, 0.2) is 41.1 Å². The molecule has 0 fully saturated rings. The Hall–Kier alpha value is -2.47. The number of pyridine rings is 1. The Morgan fingerprint density at radius 1 is 1.20 bits per heavy atom. The van der Waals surface area contributed by atoms with Crippen LogP contribution in [0.25, 0.3) is 23.0 Å². The van der Waals surface area contributed by atoms with Gasteiger partial charge in [0.15, 0.2) is 0 Å². The van der Waals surface area contributed by atoms with Crippen molar-refractivity contribution in [2.75, 3.05) is 0 Å². The third-order valence-electron chi connectivity index (χ3n) is 2.58. The molecule has 1 N–H and O–H groups in total. The van der Waals surface area contributed by atoms with Crippen molar-refractivity contribution < 1.29 is 14.0 Å². The van der Waals surface area contributed by atoms with E-state index in [0.29, 0.717) is 11.3 Å². The lowest BCUT2D eigenvalue weighted by molar-refractivity contribution is 0.432. The normalized spacial score (nSPS) is 10.7. The molecule has 1 aromatic carbocycles. The fourth-order valence-electron chi connectivity index (χ4n) is 1.59. The van der Waals surface area contributed by atoms with Crippen LogP contribution in [-0.4, -0.2) is 20.2 Å². The van der Waals surface area contributed by atoms with Crippen molar-refractivity contribution in [2.24, 2.45) is 0 Å². The Balaban J connectivity index is 1.97. The zero-order valence-electron chi connectivity index (χ0n) is 9.92. The number of phenolic OH excluding ortho intramolecular Hbond substituents is 1. The van der Waals surface area contributed by atoms with Crippen LogP contribution < -0.4 is 0 Å². The van der Waals surface area contributed by atoms with Crippen LogP contribution in [0.5, 0.6) is 5.75 Å². The first-order valence-electron chi connectivity index (χ1n) is 5.58. The van der Waals surface area contributed by atoms with Crippen LogP contribution >= 0.6 is 11.6 Å². The van der Waals surface area contributed by atoms with Gasteiger partial charge in [0.25, 0.3) is 5.89 Å². The molecular formula is C13H7ClFN3O2. The maximum Gasteiger partial charge on any atom is 0.258 e. The predicted molar refractivity (Wildman–Crippen MR) is 69.6 cm³/mol. The third-order valence-corrected chi connectivity index (χ3v) is 2.88. The lowest BCUT2D eigenvalue weighted by Crippen LogP contribution is -1.86. The average molecular weight is 292 g/mol. The van der Waals surface area contributed by atoms with Crippen molar-refractivity contribution >= 4 is 11.6 Å². The standard InChI is InChI=1S/C13H7ClFN3O2/c14-9-5-7(1-4-11(9)19)13-17-12(18-20-13)10-3-2-8(15)6-16-10/h1-6,19H. The van der Waals surface area contributed by atoms with E-state index >= 15 is 0 Å². The molecule has 0 amide bonds. The van der Waals surface area contributed by atoms with E-state index in [-0.39, 0.29) is 22.5 Å². The SMILES string of the molecule is Oc1ccc(-c2nc(-c3ccc(F)cn3)no2)cc1Cl. The number of benzene rings is 1. The molecule has 2 aromatic heterocycles. The molecule has 0 aliphatic rings. The maximum atomic E-state index is 12.8. The molecule has 0 aliphatic heterocycles. The number of hydrogen-bond acceptors (Lipinski definition) is 5. The molecule has 0 saturated carbocycles. The van der Waals surface area contributed by atoms with Crippen molar-refractivity contribution in [3.63, 3.8) is 0 Å². The fourth-order valence-corrected chi connectivity index (χ4v) is 1.77. The first-order chi connectivity index (χ1) is 9.63. The van der Waals surface area contributed by atoms with Crippen molar-refractivity contribution in [1.82, 2.24) is 15.1 Å². The summed E-state index contributed by atoms with van der Waals surface area (Å²) in [5.74, 6) is -0.00429. The van der Waals surface area contributed by atoms with E-state index in [0.717, 1.165) is 6.20 Å². The monoisotopic (exact) mass is 291 g/mol. The summed E-state index contributed by atoms with van der Waals surface area (Å²) in [5, 5.41) is 13.3. The largest absolute Gasteiger partial charge is 0.506 e. The molecule has 3 rings (SSSR count). The van der Waals surface area contributed by atoms with Gasteiger partial charge in [0.2, 0.25) is 5.82 Å². The van der Waals surface area contributed by atoms with Gasteiger partial charge in [-0.1, -0.05) is 16.8 Å². The zero-order valence-corrected chi connectivity index (χ0v) is 10.7. The summed E-state index contributed by atoms with van der Waals surface area (Å²) in [6.07, 6.45) is 1.07. The summed E-state index contributed by atoms with van der Waals surface area (Å²) in [4.78, 5) is 8.01. The molecule has 0 atom stereocenters. The Morgan fingerprint density at radius 3 is 2.75 bits per heavy atom. The Morgan fingerprint density at radius 2 is 2.05 bits per heavy atom. The smallest absolute Gasteiger partial charge is 0.258 e. The van der Waals surface area contributed by atoms with Gasteiger partial charge in [-0.05, 0) is 30.3 Å². The van der Waals surface area contributed by atoms with Crippen LogP contribution in [0, 0.1) is 5.82 Å². The highest BCUT2D eigenvalue weighted by Crippen LogP contribution is 2.29. The first kappa shape index (κ1) is 12.6. The highest BCUT2D eigenvalue weighted by atomic mass is 35.5. The van der Waals surface area contributed by atoms with Crippen molar-refractivity contribution in [3.05, 3.63) is 47.4 Å². The molecule has 100 valence electrons. The molecule has 0 saturated heterocycles. The minimum Gasteiger partial charge on any atom is -0.506 e. The Kier molecular flexibility index (Phi) is 3.08. The summed E-state index contributed by atoms with van der Waals surface area (Å²) >= 11 is 5.81. The van der Waals surface area contributed by atoms with Gasteiger partial charge >= 0.3 is 0 Å². The quantitative estimate of drug-likeness (QED) is 0.784. The van der Waals surface area contributed by atoms with Gasteiger partial charge < -0.3 is 9.63 Å². The Labute approximate surface area is 117 Å². The lowest BCUT2D eigenvalue weighted by Gasteiger charge is -1.97. The second-order valence-electron chi connectivity index (χ2n) is 3.95. The van der Waals surface area contributed by atoms with Gasteiger partial charge in [-0.3, -0.25) is 0 Å². The van der Waals surface area contributed by atoms with E-state index in [1.54, 1.807) is 6.07 Å². The van der Waals surface area contributed by atoms with Crippen LogP contribution in [0.4, 0.5) is 4.39 Å². The number of halogens is 2. The molecular weight excluding hydrogens is 285 g/mol. The van der Waals surface area contributed by atoms with E-state index in [2.05, 4.69) is 15.1 Å². The molecule has 0 radical (unpaired) electrons. The topological polar surface area (TPSA) is 72.0 Å². The van der Waals surface area contributed by atoms with Gasteiger partial charge in [-0.25, -0.2) is 9.37 Å². The number of rotatable bonds is 2. The van der Waals surface area contributed by atoms with E-state index in [1.165, 1.54) is 24.3 Å². The molecule has 3 aromatic rings. The molecule has 7 heteroatoms. The summed E-state index contributed by atoms with van der Waals surface area (Å²) in [6.45, 7) is 0. The van der Waals surface area contributed by atoms with Crippen molar-refractivity contribution in [2.45, 2.75) is 0 Å². The highest BCUT2D eigenvalue weighted by Gasteiger charge is 2.12. The number of hydrogen-bond donors (Lipinski definition) is 1. The summed E-state index contributed by atoms with van der Waals surface area (Å²) in [6, 6.07) is 7.24. The van der Waals surface area contributed by atoms with Crippen LogP contribution in [-0.2, 0) is 0 Å². The molecule has 0 bridgehead atoms. The molecule has 0 aliphatic carbocycles. The second-order valence-corrected chi connectivity index (χ2v) is 4.36. The van der Waals surface area contributed by atoms with Crippen LogP contribution in [0.3, 0.4) is 0 Å². The minimum atomic E-state index is -0.442. The molecule has 5 nitrogen and oxygen atoms in total. The number of aromatic hydroxyl groups is 1. The van der Waals surface area contributed by atoms with Crippen LogP contribution in [0.2, 0.25) is 5.02 Å². The zero-order chi connectivity index (χ0) is 14.1. The van der Waals surface area contributed by atoms with E-state index in [1.807, 2.05) is 0 Å². The number of nitrogens with zero attached hydrogens (tertiary/aromatic N) is 3. The second kappa shape index (κ2) is 4.90. The van der Waals surface area contributed by atoms with Gasteiger partial charge in [0.05, 0.1) is 11.2 Å². The van der Waals surface area contributed by atoms with Crippen LogP contribution in [0.1, 0.15) is 0 Å². The Bertz CT molecular complexity index is 759. The highest BCUT2D eigenvalue weighted by molar-refractivity contribution is 6.32. The van der Waals surface area contributed by atoms with Crippen molar-refractivity contribution in [1.29, 1.82) is 0 Å². The lowest BCUT2D eigenvalue weighted by atomic mass is 10.2. The maximum absolute atomic E-state index is 12.8. The molecule has 0 spiro atoms. The average Bonchev–Trinajstić information content (AvgIpc) is 2.92. The number of phenols is 1. The van der Waals surface area contributed by atoms with E-state index < -0.39 is 5.82 Å². The van der Waals surface area contributed by atoms with Crippen molar-refractivity contribution in [3.8, 4) is 28.7 Å². The van der Waals surface area contributed by atoms with Gasteiger partial charge in [-0.15, -0.1) is 0 Å². The minimum absolute atomic E-state index is 0.0321. The first-order valence-corrected chi connectivity index (χ1v) is 5.96. The third kappa shape index (κ3) is 2.33.